The summed E-state index contributed by atoms with van der Waals surface area (Å²) in [4.78, 5) is 4.28. The van der Waals surface area contributed by atoms with Crippen LogP contribution in [0.5, 0.6) is 0 Å². The van der Waals surface area contributed by atoms with Crippen molar-refractivity contribution in [3.8, 4) is 17.5 Å². The van der Waals surface area contributed by atoms with Gasteiger partial charge in [0.05, 0.1) is 17.9 Å². The molecule has 4 nitrogen and oxygen atoms in total. The van der Waals surface area contributed by atoms with Crippen molar-refractivity contribution < 1.29 is 4.52 Å². The van der Waals surface area contributed by atoms with E-state index in [-0.39, 0.29) is 11.8 Å². The van der Waals surface area contributed by atoms with Gasteiger partial charge in [-0.15, -0.1) is 0 Å². The van der Waals surface area contributed by atoms with Gasteiger partial charge in [0.25, 0.3) is 0 Å². The number of hydrogen-bond donors (Lipinski definition) is 0. The standard InChI is InChI=1S/C12H7Cl2N3O/c13-8-1-6(2-9(14)4-8)11-16-12(18-17-11)10-3-7(10)5-15/h1-2,4,7,10H,3H2. The quantitative estimate of drug-likeness (QED) is 0.841. The van der Waals surface area contributed by atoms with Gasteiger partial charge in [-0.1, -0.05) is 28.4 Å². The topological polar surface area (TPSA) is 62.7 Å². The van der Waals surface area contributed by atoms with E-state index >= 15 is 0 Å². The van der Waals surface area contributed by atoms with E-state index in [9.17, 15) is 0 Å². The molecule has 18 heavy (non-hydrogen) atoms. The maximum absolute atomic E-state index is 8.76. The minimum Gasteiger partial charge on any atom is -0.339 e. The molecule has 0 radical (unpaired) electrons. The molecular weight excluding hydrogens is 273 g/mol. The highest BCUT2D eigenvalue weighted by Crippen LogP contribution is 2.46. The third kappa shape index (κ3) is 2.07. The van der Waals surface area contributed by atoms with Crippen molar-refractivity contribution in [3.63, 3.8) is 0 Å². The molecule has 0 amide bonds. The van der Waals surface area contributed by atoms with Gasteiger partial charge in [-0.2, -0.15) is 10.2 Å². The normalized spacial score (nSPS) is 21.6. The SMILES string of the molecule is N#CC1CC1c1nc(-c2cc(Cl)cc(Cl)c2)no1. The van der Waals surface area contributed by atoms with Gasteiger partial charge in [0, 0.05) is 15.6 Å². The van der Waals surface area contributed by atoms with Crippen LogP contribution in [-0.4, -0.2) is 10.1 Å². The van der Waals surface area contributed by atoms with Crippen LogP contribution < -0.4 is 0 Å². The summed E-state index contributed by atoms with van der Waals surface area (Å²) in [5, 5.41) is 13.7. The zero-order chi connectivity index (χ0) is 12.7. The molecule has 2 aromatic rings. The highest BCUT2D eigenvalue weighted by Gasteiger charge is 2.43. The lowest BCUT2D eigenvalue weighted by atomic mass is 10.2. The third-order valence-electron chi connectivity index (χ3n) is 2.84. The second-order valence-electron chi connectivity index (χ2n) is 4.19. The molecular formula is C12H7Cl2N3O. The van der Waals surface area contributed by atoms with E-state index < -0.39 is 0 Å². The lowest BCUT2D eigenvalue weighted by Gasteiger charge is -1.96. The second kappa shape index (κ2) is 4.27. The van der Waals surface area contributed by atoms with Crippen LogP contribution in [0, 0.1) is 17.2 Å². The van der Waals surface area contributed by atoms with Crippen LogP contribution in [0.25, 0.3) is 11.4 Å². The summed E-state index contributed by atoms with van der Waals surface area (Å²) in [5.74, 6) is 1.03. The first-order valence-electron chi connectivity index (χ1n) is 5.37. The summed E-state index contributed by atoms with van der Waals surface area (Å²) >= 11 is 11.8. The molecule has 1 saturated carbocycles. The van der Waals surface area contributed by atoms with E-state index in [0.717, 1.165) is 6.42 Å². The van der Waals surface area contributed by atoms with E-state index in [1.54, 1.807) is 18.2 Å². The van der Waals surface area contributed by atoms with Gasteiger partial charge in [-0.05, 0) is 24.6 Å². The summed E-state index contributed by atoms with van der Waals surface area (Å²) in [6.45, 7) is 0. The molecule has 1 fully saturated rings. The number of nitriles is 1. The Bertz CT molecular complexity index is 627. The van der Waals surface area contributed by atoms with Gasteiger partial charge in [-0.25, -0.2) is 0 Å². The summed E-state index contributed by atoms with van der Waals surface area (Å²) in [5.41, 5.74) is 0.705. The first kappa shape index (κ1) is 11.5. The van der Waals surface area contributed by atoms with Crippen molar-refractivity contribution in [2.75, 3.05) is 0 Å². The number of nitrogens with zero attached hydrogens (tertiary/aromatic N) is 3. The zero-order valence-corrected chi connectivity index (χ0v) is 10.6. The summed E-state index contributed by atoms with van der Waals surface area (Å²) in [6.07, 6.45) is 0.786. The average molecular weight is 280 g/mol. The smallest absolute Gasteiger partial charge is 0.231 e. The minimum absolute atomic E-state index is 0.00116. The van der Waals surface area contributed by atoms with Gasteiger partial charge in [-0.3, -0.25) is 0 Å². The van der Waals surface area contributed by atoms with Crippen molar-refractivity contribution in [3.05, 3.63) is 34.1 Å². The van der Waals surface area contributed by atoms with Crippen LogP contribution in [0.3, 0.4) is 0 Å². The van der Waals surface area contributed by atoms with E-state index in [1.807, 2.05) is 0 Å². The van der Waals surface area contributed by atoms with E-state index in [2.05, 4.69) is 16.2 Å². The van der Waals surface area contributed by atoms with Crippen LogP contribution >= 0.6 is 23.2 Å². The van der Waals surface area contributed by atoms with Crippen molar-refractivity contribution in [2.45, 2.75) is 12.3 Å². The maximum atomic E-state index is 8.76. The Morgan fingerprint density at radius 3 is 2.61 bits per heavy atom. The summed E-state index contributed by atoms with van der Waals surface area (Å²) in [7, 11) is 0. The van der Waals surface area contributed by atoms with Crippen LogP contribution in [-0.2, 0) is 0 Å². The van der Waals surface area contributed by atoms with Gasteiger partial charge in [0.1, 0.15) is 0 Å². The van der Waals surface area contributed by atoms with Crippen molar-refractivity contribution in [2.24, 2.45) is 5.92 Å². The maximum Gasteiger partial charge on any atom is 0.231 e. The first-order chi connectivity index (χ1) is 8.67. The number of aromatic nitrogens is 2. The predicted octanol–water partition coefficient (Wildman–Crippen LogP) is 3.67. The number of rotatable bonds is 2. The van der Waals surface area contributed by atoms with Gasteiger partial charge in [0.15, 0.2) is 0 Å². The monoisotopic (exact) mass is 279 g/mol. The molecule has 90 valence electrons. The summed E-state index contributed by atoms with van der Waals surface area (Å²) in [6, 6.07) is 7.26. The predicted molar refractivity (Wildman–Crippen MR) is 66.2 cm³/mol. The molecule has 2 atom stereocenters. The van der Waals surface area contributed by atoms with Crippen molar-refractivity contribution in [1.29, 1.82) is 5.26 Å². The average Bonchev–Trinajstić information content (AvgIpc) is 2.95. The van der Waals surface area contributed by atoms with Gasteiger partial charge in [0.2, 0.25) is 11.7 Å². The molecule has 3 rings (SSSR count). The van der Waals surface area contributed by atoms with Crippen LogP contribution in [0.1, 0.15) is 18.2 Å². The molecule has 2 unspecified atom stereocenters. The molecule has 0 N–H and O–H groups in total. The zero-order valence-electron chi connectivity index (χ0n) is 9.10. The third-order valence-corrected chi connectivity index (χ3v) is 3.27. The molecule has 1 aromatic carbocycles. The number of halogens is 2. The Kier molecular flexibility index (Phi) is 2.73. The highest BCUT2D eigenvalue weighted by molar-refractivity contribution is 6.35. The van der Waals surface area contributed by atoms with Gasteiger partial charge < -0.3 is 4.52 Å². The summed E-state index contributed by atoms with van der Waals surface area (Å²) < 4.78 is 5.16. The Hall–Kier alpha value is -1.57. The molecule has 1 heterocycles. The molecule has 0 aliphatic heterocycles. The Morgan fingerprint density at radius 2 is 2.00 bits per heavy atom. The minimum atomic E-state index is 0.00116. The molecule has 6 heteroatoms. The Labute approximate surface area is 113 Å². The first-order valence-corrected chi connectivity index (χ1v) is 6.12. The van der Waals surface area contributed by atoms with Crippen molar-refractivity contribution in [1.82, 2.24) is 10.1 Å². The van der Waals surface area contributed by atoms with Crippen LogP contribution in [0.15, 0.2) is 22.7 Å². The number of benzene rings is 1. The fraction of sp³-hybridized carbons (Fsp3) is 0.250. The Balaban J connectivity index is 1.91. The highest BCUT2D eigenvalue weighted by atomic mass is 35.5. The lowest BCUT2D eigenvalue weighted by molar-refractivity contribution is 0.378. The molecule has 1 aromatic heterocycles. The van der Waals surface area contributed by atoms with E-state index in [0.29, 0.717) is 27.3 Å². The fourth-order valence-corrected chi connectivity index (χ4v) is 2.32. The van der Waals surface area contributed by atoms with Crippen molar-refractivity contribution >= 4 is 23.2 Å². The lowest BCUT2D eigenvalue weighted by Crippen LogP contribution is -1.84. The van der Waals surface area contributed by atoms with E-state index in [1.165, 1.54) is 0 Å². The molecule has 1 aliphatic rings. The van der Waals surface area contributed by atoms with Crippen LogP contribution in [0.2, 0.25) is 10.0 Å². The van der Waals surface area contributed by atoms with E-state index in [4.69, 9.17) is 33.0 Å². The largest absolute Gasteiger partial charge is 0.339 e. The van der Waals surface area contributed by atoms with Crippen LogP contribution in [0.4, 0.5) is 0 Å². The molecule has 0 bridgehead atoms. The van der Waals surface area contributed by atoms with Gasteiger partial charge >= 0.3 is 0 Å². The molecule has 0 spiro atoms. The second-order valence-corrected chi connectivity index (χ2v) is 5.07. The Morgan fingerprint density at radius 1 is 1.28 bits per heavy atom. The fourth-order valence-electron chi connectivity index (χ4n) is 1.80. The molecule has 0 saturated heterocycles. The molecule has 1 aliphatic carbocycles. The number of hydrogen-bond acceptors (Lipinski definition) is 4.